The van der Waals surface area contributed by atoms with Gasteiger partial charge in [-0.25, -0.2) is 13.4 Å². The van der Waals surface area contributed by atoms with Gasteiger partial charge in [0.25, 0.3) is 0 Å². The molecule has 2 heterocycles. The Kier molecular flexibility index (Phi) is 7.10. The summed E-state index contributed by atoms with van der Waals surface area (Å²) < 4.78 is 28.4. The van der Waals surface area contributed by atoms with E-state index in [4.69, 9.17) is 0 Å². The fraction of sp³-hybridized carbons (Fsp3) is 0.455. The Morgan fingerprint density at radius 1 is 1.07 bits per heavy atom. The average Bonchev–Trinajstić information content (AvgIpc) is 2.73. The second kappa shape index (κ2) is 9.57. The van der Waals surface area contributed by atoms with E-state index in [1.165, 1.54) is 0 Å². The highest BCUT2D eigenvalue weighted by Gasteiger charge is 2.31. The van der Waals surface area contributed by atoms with Crippen molar-refractivity contribution in [2.75, 3.05) is 31.1 Å². The Morgan fingerprint density at radius 3 is 2.30 bits per heavy atom. The molecule has 3 rings (SSSR count). The third-order valence-electron chi connectivity index (χ3n) is 5.20. The fourth-order valence-electron chi connectivity index (χ4n) is 3.56. The van der Waals surface area contributed by atoms with E-state index in [0.29, 0.717) is 32.6 Å². The van der Waals surface area contributed by atoms with Crippen molar-refractivity contribution in [2.24, 2.45) is 5.92 Å². The quantitative estimate of drug-likeness (QED) is 0.730. The second-order valence-electron chi connectivity index (χ2n) is 8.12. The number of aryl methyl sites for hydroxylation is 1. The normalized spacial score (nSPS) is 16.0. The van der Waals surface area contributed by atoms with Gasteiger partial charge in [-0.2, -0.15) is 4.72 Å². The largest absolute Gasteiger partial charge is 0.353 e. The molecule has 0 radical (unpaired) electrons. The lowest BCUT2D eigenvalue weighted by molar-refractivity contribution is -0.133. The number of amides is 1. The molecule has 1 aromatic heterocycles. The Morgan fingerprint density at radius 2 is 1.73 bits per heavy atom. The zero-order valence-corrected chi connectivity index (χ0v) is 18.6. The lowest BCUT2D eigenvalue weighted by Crippen LogP contribution is -2.55. The van der Waals surface area contributed by atoms with E-state index in [2.05, 4.69) is 14.6 Å². The van der Waals surface area contributed by atoms with Crippen LogP contribution < -0.4 is 9.62 Å². The first-order chi connectivity index (χ1) is 14.3. The fourth-order valence-corrected chi connectivity index (χ4v) is 4.76. The van der Waals surface area contributed by atoms with Crippen LogP contribution in [0, 0.1) is 12.8 Å². The van der Waals surface area contributed by atoms with Gasteiger partial charge in [-0.1, -0.05) is 37.6 Å². The minimum Gasteiger partial charge on any atom is -0.353 e. The lowest BCUT2D eigenvalue weighted by atomic mass is 10.0. The third kappa shape index (κ3) is 5.58. The number of sulfonamides is 1. The van der Waals surface area contributed by atoms with Crippen molar-refractivity contribution in [2.45, 2.75) is 38.1 Å². The Labute approximate surface area is 179 Å². The summed E-state index contributed by atoms with van der Waals surface area (Å²) in [6, 6.07) is 11.6. The number of carbonyl (C=O) groups is 1. The molecule has 1 aliphatic rings. The highest BCUT2D eigenvalue weighted by atomic mass is 32.2. The van der Waals surface area contributed by atoms with Crippen LogP contribution >= 0.6 is 0 Å². The van der Waals surface area contributed by atoms with Gasteiger partial charge in [0, 0.05) is 32.4 Å². The number of piperazine rings is 1. The van der Waals surface area contributed by atoms with Crippen molar-refractivity contribution >= 4 is 21.7 Å². The van der Waals surface area contributed by atoms with Crippen LogP contribution in [0.3, 0.4) is 0 Å². The van der Waals surface area contributed by atoms with Crippen molar-refractivity contribution in [3.05, 3.63) is 54.2 Å². The number of benzene rings is 1. The van der Waals surface area contributed by atoms with Gasteiger partial charge < -0.3 is 9.80 Å². The van der Waals surface area contributed by atoms with E-state index in [0.717, 1.165) is 11.4 Å². The van der Waals surface area contributed by atoms with Gasteiger partial charge in [0.1, 0.15) is 11.9 Å². The van der Waals surface area contributed by atoms with E-state index in [-0.39, 0.29) is 16.7 Å². The summed E-state index contributed by atoms with van der Waals surface area (Å²) in [6.07, 6.45) is 2.20. The van der Waals surface area contributed by atoms with Crippen molar-refractivity contribution in [1.82, 2.24) is 14.6 Å². The minimum atomic E-state index is -3.78. The number of hydrogen-bond acceptors (Lipinski definition) is 5. The molecule has 0 aliphatic carbocycles. The summed E-state index contributed by atoms with van der Waals surface area (Å²) >= 11 is 0. The molecule has 1 aliphatic heterocycles. The summed E-state index contributed by atoms with van der Waals surface area (Å²) in [7, 11) is -3.78. The SMILES string of the molecule is Cc1ccc(S(=O)(=O)N[C@@H](CC(C)C)C(=O)N2CCN(c3ccccn3)CC2)cc1. The first kappa shape index (κ1) is 22.2. The number of nitrogens with zero attached hydrogens (tertiary/aromatic N) is 3. The van der Waals surface area contributed by atoms with Crippen LogP contribution in [-0.2, 0) is 14.8 Å². The van der Waals surface area contributed by atoms with Gasteiger partial charge in [-0.3, -0.25) is 4.79 Å². The number of nitrogens with one attached hydrogen (secondary N) is 1. The molecule has 0 saturated carbocycles. The van der Waals surface area contributed by atoms with Crippen molar-refractivity contribution in [3.8, 4) is 0 Å². The number of aromatic nitrogens is 1. The lowest BCUT2D eigenvalue weighted by Gasteiger charge is -2.37. The smallest absolute Gasteiger partial charge is 0.241 e. The molecule has 1 saturated heterocycles. The van der Waals surface area contributed by atoms with Crippen LogP contribution in [0.4, 0.5) is 5.82 Å². The molecule has 162 valence electrons. The van der Waals surface area contributed by atoms with Gasteiger partial charge in [-0.05, 0) is 43.5 Å². The molecule has 1 N–H and O–H groups in total. The molecule has 0 spiro atoms. The van der Waals surface area contributed by atoms with Crippen LogP contribution in [0.2, 0.25) is 0 Å². The molecule has 1 amide bonds. The summed E-state index contributed by atoms with van der Waals surface area (Å²) in [5, 5.41) is 0. The Balaban J connectivity index is 1.69. The number of rotatable bonds is 7. The van der Waals surface area contributed by atoms with Crippen molar-refractivity contribution in [3.63, 3.8) is 0 Å². The monoisotopic (exact) mass is 430 g/mol. The maximum Gasteiger partial charge on any atom is 0.241 e. The highest BCUT2D eigenvalue weighted by molar-refractivity contribution is 7.89. The number of carbonyl (C=O) groups excluding carboxylic acids is 1. The van der Waals surface area contributed by atoms with Crippen LogP contribution in [0.1, 0.15) is 25.8 Å². The van der Waals surface area contributed by atoms with Gasteiger partial charge in [0.2, 0.25) is 15.9 Å². The van der Waals surface area contributed by atoms with Gasteiger partial charge >= 0.3 is 0 Å². The van der Waals surface area contributed by atoms with Gasteiger partial charge in [0.15, 0.2) is 0 Å². The number of anilines is 1. The summed E-state index contributed by atoms with van der Waals surface area (Å²) in [6.45, 7) is 8.29. The predicted octanol–water partition coefficient (Wildman–Crippen LogP) is 2.43. The maximum absolute atomic E-state index is 13.2. The molecule has 2 aromatic rings. The highest BCUT2D eigenvalue weighted by Crippen LogP contribution is 2.17. The molecule has 1 atom stereocenters. The first-order valence-corrected chi connectivity index (χ1v) is 11.8. The summed E-state index contributed by atoms with van der Waals surface area (Å²) in [5.74, 6) is 0.901. The van der Waals surface area contributed by atoms with Crippen LogP contribution in [0.15, 0.2) is 53.6 Å². The van der Waals surface area contributed by atoms with Crippen LogP contribution in [-0.4, -0.2) is 56.4 Å². The molecule has 7 nitrogen and oxygen atoms in total. The van der Waals surface area contributed by atoms with Crippen LogP contribution in [0.5, 0.6) is 0 Å². The Hall–Kier alpha value is -2.45. The first-order valence-electron chi connectivity index (χ1n) is 10.3. The van der Waals surface area contributed by atoms with Gasteiger partial charge in [-0.15, -0.1) is 0 Å². The number of hydrogen-bond donors (Lipinski definition) is 1. The minimum absolute atomic E-state index is 0.167. The van der Waals surface area contributed by atoms with E-state index in [9.17, 15) is 13.2 Å². The summed E-state index contributed by atoms with van der Waals surface area (Å²) in [5.41, 5.74) is 0.981. The van der Waals surface area contributed by atoms with E-state index in [1.807, 2.05) is 39.0 Å². The average molecular weight is 431 g/mol. The third-order valence-corrected chi connectivity index (χ3v) is 6.69. The van der Waals surface area contributed by atoms with Crippen molar-refractivity contribution in [1.29, 1.82) is 0 Å². The maximum atomic E-state index is 13.2. The zero-order chi connectivity index (χ0) is 21.7. The molecule has 0 bridgehead atoms. The molecule has 0 unspecified atom stereocenters. The second-order valence-corrected chi connectivity index (χ2v) is 9.83. The predicted molar refractivity (Wildman–Crippen MR) is 118 cm³/mol. The van der Waals surface area contributed by atoms with E-state index >= 15 is 0 Å². The topological polar surface area (TPSA) is 82.6 Å². The standard InChI is InChI=1S/C22H30N4O3S/c1-17(2)16-20(24-30(28,29)19-9-7-18(3)8-10-19)22(27)26-14-12-25(13-15-26)21-6-4-5-11-23-21/h4-11,17,20,24H,12-16H2,1-3H3/t20-/m0/s1. The molecular formula is C22H30N4O3S. The number of pyridine rings is 1. The molecular weight excluding hydrogens is 400 g/mol. The Bertz CT molecular complexity index is 938. The molecule has 1 fully saturated rings. The molecule has 1 aromatic carbocycles. The van der Waals surface area contributed by atoms with Crippen LogP contribution in [0.25, 0.3) is 0 Å². The van der Waals surface area contributed by atoms with Gasteiger partial charge in [0.05, 0.1) is 4.90 Å². The molecule has 8 heteroatoms. The zero-order valence-electron chi connectivity index (χ0n) is 17.8. The summed E-state index contributed by atoms with van der Waals surface area (Å²) in [4.78, 5) is 21.6. The van der Waals surface area contributed by atoms with E-state index < -0.39 is 16.1 Å². The molecule has 30 heavy (non-hydrogen) atoms. The van der Waals surface area contributed by atoms with E-state index in [1.54, 1.807) is 35.4 Å². The van der Waals surface area contributed by atoms with Crippen molar-refractivity contribution < 1.29 is 13.2 Å².